The largest absolute Gasteiger partial charge is 0.494 e. The average molecular weight is 372 g/mol. The van der Waals surface area contributed by atoms with Crippen LogP contribution in [0.4, 0.5) is 4.39 Å². The number of carbonyl (C=O) groups is 2. The molecule has 1 aliphatic rings. The van der Waals surface area contributed by atoms with Crippen LogP contribution in [-0.4, -0.2) is 25.0 Å². The molecule has 1 aliphatic heterocycles. The van der Waals surface area contributed by atoms with Crippen molar-refractivity contribution in [2.45, 2.75) is 13.0 Å². The molecule has 0 aromatic heterocycles. The van der Waals surface area contributed by atoms with Gasteiger partial charge >= 0.3 is 0 Å². The third-order valence-corrected chi connectivity index (χ3v) is 4.27. The lowest BCUT2D eigenvalue weighted by atomic mass is 9.94. The summed E-state index contributed by atoms with van der Waals surface area (Å²) in [6.45, 7) is 2.80. The van der Waals surface area contributed by atoms with E-state index in [0.717, 1.165) is 5.56 Å². The molecule has 1 saturated heterocycles. The van der Waals surface area contributed by atoms with Crippen LogP contribution in [0.5, 0.6) is 5.75 Å². The minimum Gasteiger partial charge on any atom is -0.494 e. The second-order valence-electron chi connectivity index (χ2n) is 6.06. The fourth-order valence-electron chi connectivity index (χ4n) is 2.88. The Kier molecular flexibility index (Phi) is 6.00. The van der Waals surface area contributed by atoms with Gasteiger partial charge in [0.2, 0.25) is 5.91 Å². The summed E-state index contributed by atoms with van der Waals surface area (Å²) >= 11 is 0. The van der Waals surface area contributed by atoms with Gasteiger partial charge in [-0.3, -0.25) is 25.9 Å². The van der Waals surface area contributed by atoms with Gasteiger partial charge in [0.05, 0.1) is 18.6 Å². The van der Waals surface area contributed by atoms with Crippen molar-refractivity contribution in [3.8, 4) is 5.75 Å². The molecule has 27 heavy (non-hydrogen) atoms. The van der Waals surface area contributed by atoms with Gasteiger partial charge in [0.15, 0.2) is 0 Å². The van der Waals surface area contributed by atoms with Crippen molar-refractivity contribution in [3.05, 3.63) is 65.5 Å². The molecule has 2 aromatic carbocycles. The Hall–Kier alpha value is -2.97. The average Bonchev–Trinajstić information content (AvgIpc) is 3.17. The van der Waals surface area contributed by atoms with Crippen LogP contribution < -0.4 is 26.4 Å². The molecule has 142 valence electrons. The number of hydrogen-bond acceptors (Lipinski definition) is 5. The first-order valence-corrected chi connectivity index (χ1v) is 8.65. The van der Waals surface area contributed by atoms with E-state index in [1.807, 2.05) is 6.92 Å². The van der Waals surface area contributed by atoms with E-state index in [1.54, 1.807) is 36.4 Å². The normalized spacial score (nSPS) is 18.7. The molecule has 2 unspecified atom stereocenters. The zero-order chi connectivity index (χ0) is 19.2. The summed E-state index contributed by atoms with van der Waals surface area (Å²) in [5.41, 5.74) is 12.0. The van der Waals surface area contributed by atoms with Crippen LogP contribution in [0.3, 0.4) is 0 Å². The molecule has 3 rings (SSSR count). The molecule has 1 heterocycles. The van der Waals surface area contributed by atoms with Gasteiger partial charge in [-0.15, -0.1) is 0 Å². The van der Waals surface area contributed by atoms with Gasteiger partial charge in [-0.25, -0.2) is 9.82 Å². The highest BCUT2D eigenvalue weighted by Gasteiger charge is 2.34. The van der Waals surface area contributed by atoms with Crippen LogP contribution in [-0.2, 0) is 4.79 Å². The smallest absolute Gasteiger partial charge is 0.269 e. The molecule has 0 radical (unpaired) electrons. The maximum absolute atomic E-state index is 13.1. The quantitative estimate of drug-likeness (QED) is 0.597. The molecule has 1 fully saturated rings. The van der Waals surface area contributed by atoms with Gasteiger partial charge in [-0.2, -0.15) is 0 Å². The molecule has 0 bridgehead atoms. The van der Waals surface area contributed by atoms with Crippen LogP contribution in [0.1, 0.15) is 28.9 Å². The predicted octanol–water partition coefficient (Wildman–Crippen LogP) is 1.45. The highest BCUT2D eigenvalue weighted by Crippen LogP contribution is 2.25. The van der Waals surface area contributed by atoms with E-state index < -0.39 is 11.8 Å². The standard InChI is InChI=1S/C19H21FN4O3/c1-2-27-15-9-5-13(6-10-15)18(25)23-24-19(26)16-11-21-22-17(16)12-3-7-14(20)8-4-12/h3-10,16-17,21-22H,2,11H2,1H3,(H,23,25)(H,24,26). The van der Waals surface area contributed by atoms with E-state index >= 15 is 0 Å². The maximum atomic E-state index is 13.1. The highest BCUT2D eigenvalue weighted by molar-refractivity contribution is 5.95. The monoisotopic (exact) mass is 372 g/mol. The predicted molar refractivity (Wildman–Crippen MR) is 97.0 cm³/mol. The lowest BCUT2D eigenvalue weighted by Gasteiger charge is -2.18. The summed E-state index contributed by atoms with van der Waals surface area (Å²) in [6.07, 6.45) is 0. The van der Waals surface area contributed by atoms with E-state index in [2.05, 4.69) is 21.7 Å². The maximum Gasteiger partial charge on any atom is 0.269 e. The van der Waals surface area contributed by atoms with Crippen LogP contribution in [0.25, 0.3) is 0 Å². The minimum absolute atomic E-state index is 0.326. The Morgan fingerprint density at radius 3 is 2.48 bits per heavy atom. The number of rotatable bonds is 5. The SMILES string of the molecule is CCOc1ccc(C(=O)NNC(=O)C2CNNC2c2ccc(F)cc2)cc1. The van der Waals surface area contributed by atoms with Crippen LogP contribution in [0, 0.1) is 11.7 Å². The number of amides is 2. The Labute approximate surface area is 156 Å². The second-order valence-corrected chi connectivity index (χ2v) is 6.06. The molecule has 0 spiro atoms. The Bertz CT molecular complexity index is 796. The second kappa shape index (κ2) is 8.61. The van der Waals surface area contributed by atoms with Gasteiger partial charge in [-0.05, 0) is 48.9 Å². The van der Waals surface area contributed by atoms with Crippen molar-refractivity contribution < 1.29 is 18.7 Å². The van der Waals surface area contributed by atoms with E-state index in [-0.39, 0.29) is 17.8 Å². The molecular formula is C19H21FN4O3. The van der Waals surface area contributed by atoms with Crippen molar-refractivity contribution in [3.63, 3.8) is 0 Å². The number of ether oxygens (including phenoxy) is 1. The third kappa shape index (κ3) is 4.60. The van der Waals surface area contributed by atoms with Crippen molar-refractivity contribution >= 4 is 11.8 Å². The molecule has 4 N–H and O–H groups in total. The van der Waals surface area contributed by atoms with Crippen molar-refractivity contribution in [1.82, 2.24) is 21.7 Å². The molecule has 2 atom stereocenters. The number of nitrogens with one attached hydrogen (secondary N) is 4. The van der Waals surface area contributed by atoms with Gasteiger partial charge < -0.3 is 4.74 Å². The van der Waals surface area contributed by atoms with Crippen molar-refractivity contribution in [1.29, 1.82) is 0 Å². The Morgan fingerprint density at radius 1 is 1.11 bits per heavy atom. The summed E-state index contributed by atoms with van der Waals surface area (Å²) in [5, 5.41) is 0. The van der Waals surface area contributed by atoms with E-state index in [0.29, 0.717) is 24.5 Å². The molecule has 8 heteroatoms. The summed E-state index contributed by atoms with van der Waals surface area (Å²) in [7, 11) is 0. The number of hydrazine groups is 2. The number of benzene rings is 2. The van der Waals surface area contributed by atoms with Gasteiger partial charge in [-0.1, -0.05) is 12.1 Å². The fraction of sp³-hybridized carbons (Fsp3) is 0.263. The zero-order valence-corrected chi connectivity index (χ0v) is 14.8. The minimum atomic E-state index is -0.462. The third-order valence-electron chi connectivity index (χ3n) is 4.27. The van der Waals surface area contributed by atoms with Crippen molar-refractivity contribution in [2.75, 3.05) is 13.2 Å². The summed E-state index contributed by atoms with van der Waals surface area (Å²) in [6, 6.07) is 12.2. The summed E-state index contributed by atoms with van der Waals surface area (Å²) in [5.74, 6) is -0.905. The first-order chi connectivity index (χ1) is 13.1. The molecule has 0 saturated carbocycles. The summed E-state index contributed by atoms with van der Waals surface area (Å²) < 4.78 is 18.4. The van der Waals surface area contributed by atoms with Gasteiger partial charge in [0, 0.05) is 12.1 Å². The van der Waals surface area contributed by atoms with Crippen molar-refractivity contribution in [2.24, 2.45) is 5.92 Å². The number of halogens is 1. The molecule has 7 nitrogen and oxygen atoms in total. The molecule has 0 aliphatic carbocycles. The topological polar surface area (TPSA) is 91.5 Å². The molecular weight excluding hydrogens is 351 g/mol. The van der Waals surface area contributed by atoms with Crippen LogP contribution in [0.2, 0.25) is 0 Å². The highest BCUT2D eigenvalue weighted by atomic mass is 19.1. The first-order valence-electron chi connectivity index (χ1n) is 8.65. The van der Waals surface area contributed by atoms with Crippen LogP contribution in [0.15, 0.2) is 48.5 Å². The van der Waals surface area contributed by atoms with E-state index in [1.165, 1.54) is 12.1 Å². The number of hydrogen-bond donors (Lipinski definition) is 4. The van der Waals surface area contributed by atoms with Gasteiger partial charge in [0.1, 0.15) is 11.6 Å². The first kappa shape index (κ1) is 18.8. The Balaban J connectivity index is 1.57. The Morgan fingerprint density at radius 2 is 1.81 bits per heavy atom. The zero-order valence-electron chi connectivity index (χ0n) is 14.8. The lowest BCUT2D eigenvalue weighted by Crippen LogP contribution is -2.46. The fourth-order valence-corrected chi connectivity index (χ4v) is 2.88. The molecule has 2 aromatic rings. The molecule has 2 amide bonds. The van der Waals surface area contributed by atoms with E-state index in [9.17, 15) is 14.0 Å². The summed E-state index contributed by atoms with van der Waals surface area (Å²) in [4.78, 5) is 24.7. The number of carbonyl (C=O) groups excluding carboxylic acids is 2. The van der Waals surface area contributed by atoms with E-state index in [4.69, 9.17) is 4.74 Å². The lowest BCUT2D eigenvalue weighted by molar-refractivity contribution is -0.125. The van der Waals surface area contributed by atoms with Crippen LogP contribution >= 0.6 is 0 Å². The van der Waals surface area contributed by atoms with Gasteiger partial charge in [0.25, 0.3) is 5.91 Å².